The fraction of sp³-hybridized carbons (Fsp3) is 0.867. The van der Waals surface area contributed by atoms with Crippen LogP contribution in [0.2, 0.25) is 0 Å². The van der Waals surface area contributed by atoms with Crippen LogP contribution >= 0.6 is 0 Å². The summed E-state index contributed by atoms with van der Waals surface area (Å²) in [6.45, 7) is 5.07. The summed E-state index contributed by atoms with van der Waals surface area (Å²) in [6.07, 6.45) is -13.8. The van der Waals surface area contributed by atoms with Gasteiger partial charge in [0.2, 0.25) is 0 Å². The van der Waals surface area contributed by atoms with E-state index in [2.05, 4.69) is 6.58 Å². The fourth-order valence-corrected chi connectivity index (χ4v) is 3.81. The third-order valence-electron chi connectivity index (χ3n) is 5.16. The smallest absolute Gasteiger partial charge is 0.374 e. The van der Waals surface area contributed by atoms with Crippen LogP contribution < -0.4 is 0 Å². The zero-order chi connectivity index (χ0) is 18.5. The van der Waals surface area contributed by atoms with Gasteiger partial charge in [0.25, 0.3) is 5.60 Å². The summed E-state index contributed by atoms with van der Waals surface area (Å²) >= 11 is 0. The maximum Gasteiger partial charge on any atom is 0.426 e. The van der Waals surface area contributed by atoms with Gasteiger partial charge in [0.05, 0.1) is 6.10 Å². The second-order valence-electron chi connectivity index (χ2n) is 6.92. The van der Waals surface area contributed by atoms with E-state index in [9.17, 15) is 36.6 Å². The van der Waals surface area contributed by atoms with Crippen LogP contribution in [0, 0.1) is 17.8 Å². The molecule has 2 fully saturated rings. The highest BCUT2D eigenvalue weighted by atomic mass is 19.4. The van der Waals surface area contributed by atoms with E-state index in [1.165, 1.54) is 0 Å². The van der Waals surface area contributed by atoms with E-state index in [0.29, 0.717) is 12.0 Å². The summed E-state index contributed by atoms with van der Waals surface area (Å²) in [5, 5.41) is 18.9. The topological polar surface area (TPSA) is 49.7 Å². The maximum absolute atomic E-state index is 12.8. The Kier molecular flexibility index (Phi) is 5.02. The molecule has 2 aliphatic rings. The van der Waals surface area contributed by atoms with Crippen molar-refractivity contribution in [3.63, 3.8) is 0 Å². The van der Waals surface area contributed by atoms with Gasteiger partial charge in [0.15, 0.2) is 6.29 Å². The van der Waals surface area contributed by atoms with Crippen molar-refractivity contribution in [1.82, 2.24) is 0 Å². The summed E-state index contributed by atoms with van der Waals surface area (Å²) in [5.41, 5.74) is -4.32. The van der Waals surface area contributed by atoms with Crippen LogP contribution in [0.15, 0.2) is 12.2 Å². The largest absolute Gasteiger partial charge is 0.426 e. The van der Waals surface area contributed by atoms with Gasteiger partial charge in [0.1, 0.15) is 0 Å². The van der Waals surface area contributed by atoms with Crippen LogP contribution in [0.25, 0.3) is 0 Å². The van der Waals surface area contributed by atoms with Gasteiger partial charge in [-0.15, -0.1) is 0 Å². The number of alkyl halides is 6. The zero-order valence-corrected chi connectivity index (χ0v) is 13.0. The summed E-state index contributed by atoms with van der Waals surface area (Å²) in [4.78, 5) is 0. The van der Waals surface area contributed by atoms with Crippen LogP contribution in [0.4, 0.5) is 26.3 Å². The second-order valence-corrected chi connectivity index (χ2v) is 6.92. The first-order valence-electron chi connectivity index (χ1n) is 7.61. The number of halogens is 6. The minimum Gasteiger partial charge on any atom is -0.374 e. The lowest BCUT2D eigenvalue weighted by Crippen LogP contribution is -2.58. The Morgan fingerprint density at radius 2 is 1.62 bits per heavy atom. The first kappa shape index (κ1) is 19.5. The second kappa shape index (κ2) is 6.17. The molecule has 0 aromatic heterocycles. The van der Waals surface area contributed by atoms with Gasteiger partial charge in [-0.1, -0.05) is 6.58 Å². The van der Waals surface area contributed by atoms with Crippen LogP contribution in [-0.4, -0.2) is 40.6 Å². The number of fused-ring (bicyclic) bond motifs is 2. The highest BCUT2D eigenvalue weighted by molar-refractivity contribution is 5.03. The number of hydrogen-bond acceptors (Lipinski definition) is 3. The Morgan fingerprint density at radius 1 is 1.08 bits per heavy atom. The lowest BCUT2D eigenvalue weighted by Gasteiger charge is -2.37. The van der Waals surface area contributed by atoms with Gasteiger partial charge in [-0.05, 0) is 55.9 Å². The van der Waals surface area contributed by atoms with Gasteiger partial charge in [0, 0.05) is 0 Å². The number of aliphatic hydroxyl groups is 2. The van der Waals surface area contributed by atoms with Gasteiger partial charge < -0.3 is 14.9 Å². The first-order valence-corrected chi connectivity index (χ1v) is 7.61. The minimum absolute atomic E-state index is 0.104. The van der Waals surface area contributed by atoms with Crippen molar-refractivity contribution in [1.29, 1.82) is 0 Å². The molecule has 5 atom stereocenters. The third-order valence-corrected chi connectivity index (χ3v) is 5.16. The normalized spacial score (nSPS) is 32.2. The molecule has 0 heterocycles. The molecule has 2 N–H and O–H groups in total. The third kappa shape index (κ3) is 3.43. The molecule has 0 saturated heterocycles. The van der Waals surface area contributed by atoms with Crippen molar-refractivity contribution >= 4 is 0 Å². The predicted octanol–water partition coefficient (Wildman–Crippen LogP) is 3.56. The zero-order valence-electron chi connectivity index (χ0n) is 13.0. The fourth-order valence-electron chi connectivity index (χ4n) is 3.81. The molecular weight excluding hydrogens is 342 g/mol. The molecule has 5 unspecified atom stereocenters. The van der Waals surface area contributed by atoms with Crippen molar-refractivity contribution in [2.45, 2.75) is 63.0 Å². The molecule has 2 aliphatic carbocycles. The van der Waals surface area contributed by atoms with E-state index in [1.54, 1.807) is 6.92 Å². The lowest BCUT2D eigenvalue weighted by atomic mass is 9.79. The van der Waals surface area contributed by atoms with Crippen LogP contribution in [0.5, 0.6) is 0 Å². The summed E-state index contributed by atoms with van der Waals surface area (Å²) < 4.78 is 82.1. The molecule has 0 radical (unpaired) electrons. The van der Waals surface area contributed by atoms with Crippen molar-refractivity contribution in [3.8, 4) is 0 Å². The monoisotopic (exact) mass is 362 g/mol. The number of aliphatic hydroxyl groups excluding tert-OH is 1. The molecule has 2 rings (SSSR count). The highest BCUT2D eigenvalue weighted by Gasteiger charge is 2.71. The average molecular weight is 362 g/mol. The van der Waals surface area contributed by atoms with Crippen molar-refractivity contribution in [2.24, 2.45) is 17.8 Å². The molecule has 0 aliphatic heterocycles. The summed E-state index contributed by atoms with van der Waals surface area (Å²) in [6, 6.07) is 0. The Hall–Kier alpha value is -0.800. The van der Waals surface area contributed by atoms with E-state index in [4.69, 9.17) is 4.74 Å². The summed E-state index contributed by atoms with van der Waals surface area (Å²) in [5.74, 6) is -1.50. The SMILES string of the molecule is C=C(C)C(O)OC1CC2CC1CC2CC(O)(C(F)(F)F)C(F)(F)F. The van der Waals surface area contributed by atoms with Crippen molar-refractivity contribution < 1.29 is 41.3 Å². The first-order chi connectivity index (χ1) is 10.8. The highest BCUT2D eigenvalue weighted by Crippen LogP contribution is 2.56. The Bertz CT molecular complexity index is 473. The predicted molar refractivity (Wildman–Crippen MR) is 71.7 cm³/mol. The lowest BCUT2D eigenvalue weighted by molar-refractivity contribution is -0.373. The quantitative estimate of drug-likeness (QED) is 0.447. The number of rotatable bonds is 5. The molecular formula is C15H20F6O3. The molecule has 0 aromatic rings. The van der Waals surface area contributed by atoms with Gasteiger partial charge in [-0.25, -0.2) is 0 Å². The number of hydrogen-bond donors (Lipinski definition) is 2. The Morgan fingerprint density at radius 3 is 2.00 bits per heavy atom. The molecule has 3 nitrogen and oxygen atoms in total. The molecule has 2 bridgehead atoms. The molecule has 0 aromatic carbocycles. The van der Waals surface area contributed by atoms with Crippen LogP contribution in [-0.2, 0) is 4.74 Å². The minimum atomic E-state index is -5.78. The van der Waals surface area contributed by atoms with E-state index < -0.39 is 48.6 Å². The average Bonchev–Trinajstić information content (AvgIpc) is 2.95. The Labute approximate surface area is 135 Å². The number of ether oxygens (including phenoxy) is 1. The van der Waals surface area contributed by atoms with E-state index in [-0.39, 0.29) is 18.8 Å². The van der Waals surface area contributed by atoms with E-state index in [0.717, 1.165) is 0 Å². The van der Waals surface area contributed by atoms with Crippen LogP contribution in [0.1, 0.15) is 32.6 Å². The molecule has 9 heteroatoms. The van der Waals surface area contributed by atoms with Crippen molar-refractivity contribution in [2.75, 3.05) is 0 Å². The van der Waals surface area contributed by atoms with Gasteiger partial charge >= 0.3 is 12.4 Å². The summed E-state index contributed by atoms with van der Waals surface area (Å²) in [7, 11) is 0. The molecule has 140 valence electrons. The van der Waals surface area contributed by atoms with Crippen molar-refractivity contribution in [3.05, 3.63) is 12.2 Å². The maximum atomic E-state index is 12.8. The molecule has 24 heavy (non-hydrogen) atoms. The standard InChI is InChI=1S/C15H20F6O3/c1-7(2)12(22)24-11-5-8-3-9(11)4-10(8)6-13(23,14(16,17)18)15(19,20)21/h8-12,22-23H,1,3-6H2,2H3. The van der Waals surface area contributed by atoms with E-state index in [1.807, 2.05) is 0 Å². The van der Waals surface area contributed by atoms with E-state index >= 15 is 0 Å². The Balaban J connectivity index is 2.04. The van der Waals surface area contributed by atoms with Gasteiger partial charge in [-0.2, -0.15) is 26.3 Å². The molecule has 0 spiro atoms. The van der Waals surface area contributed by atoms with Crippen LogP contribution in [0.3, 0.4) is 0 Å². The molecule has 0 amide bonds. The van der Waals surface area contributed by atoms with Gasteiger partial charge in [-0.3, -0.25) is 0 Å². The molecule has 2 saturated carbocycles.